The smallest absolute Gasteiger partial charge is 0 e. The van der Waals surface area contributed by atoms with Crippen molar-refractivity contribution in [3.8, 4) is 0 Å². The molecule has 1 heteroatoms. The first-order chi connectivity index (χ1) is 6.48. The molecule has 0 unspecified atom stereocenters. The minimum Gasteiger partial charge on any atom is -0.343 e. The zero-order chi connectivity index (χ0) is 10.8. The Labute approximate surface area is 122 Å². The molecule has 87 valence electrons. The summed E-state index contributed by atoms with van der Waals surface area (Å²) in [7, 11) is 0. The standard InChI is InChI=1S/C14H26.Y/c1-6-14(7-2)10-8-13(5,9-11-14)12(3)4;/h12H,1-2,6-11H2,3-5H3;/q-2;. The van der Waals surface area contributed by atoms with Crippen LogP contribution in [0.2, 0.25) is 0 Å². The molecule has 0 spiro atoms. The molecule has 0 bridgehead atoms. The van der Waals surface area contributed by atoms with Crippen molar-refractivity contribution >= 4 is 0 Å². The minimum absolute atomic E-state index is 0. The zero-order valence-electron chi connectivity index (χ0n) is 10.8. The fraction of sp³-hybridized carbons (Fsp3) is 0.857. The molecule has 0 saturated heterocycles. The molecule has 1 aliphatic carbocycles. The van der Waals surface area contributed by atoms with Gasteiger partial charge < -0.3 is 13.8 Å². The molecule has 0 heterocycles. The van der Waals surface area contributed by atoms with Gasteiger partial charge in [0.05, 0.1) is 0 Å². The summed E-state index contributed by atoms with van der Waals surface area (Å²) in [6.45, 7) is 15.4. The van der Waals surface area contributed by atoms with E-state index >= 15 is 0 Å². The second-order valence-corrected chi connectivity index (χ2v) is 5.81. The summed E-state index contributed by atoms with van der Waals surface area (Å²) < 4.78 is 0. The van der Waals surface area contributed by atoms with Crippen molar-refractivity contribution in [3.63, 3.8) is 0 Å². The predicted molar refractivity (Wildman–Crippen MR) is 63.8 cm³/mol. The quantitative estimate of drug-likeness (QED) is 0.661. The van der Waals surface area contributed by atoms with E-state index in [-0.39, 0.29) is 32.7 Å². The number of hydrogen-bond donors (Lipinski definition) is 0. The van der Waals surface area contributed by atoms with Crippen molar-refractivity contribution in [3.05, 3.63) is 13.8 Å². The van der Waals surface area contributed by atoms with Crippen LogP contribution in [-0.2, 0) is 32.7 Å². The number of rotatable bonds is 3. The molecule has 0 nitrogen and oxygen atoms in total. The molecule has 1 radical (unpaired) electrons. The maximum atomic E-state index is 4.10. The fourth-order valence-electron chi connectivity index (χ4n) is 2.55. The van der Waals surface area contributed by atoms with Gasteiger partial charge in [0.2, 0.25) is 0 Å². The monoisotopic (exact) mass is 283 g/mol. The summed E-state index contributed by atoms with van der Waals surface area (Å²) in [6, 6.07) is 0. The molecule has 0 aromatic rings. The summed E-state index contributed by atoms with van der Waals surface area (Å²) in [5, 5.41) is 0. The third-order valence-corrected chi connectivity index (χ3v) is 4.91. The molecular formula is C14H26Y-2. The van der Waals surface area contributed by atoms with Gasteiger partial charge in [0.1, 0.15) is 0 Å². The van der Waals surface area contributed by atoms with Crippen LogP contribution in [0.1, 0.15) is 59.3 Å². The Morgan fingerprint density at radius 1 is 1.00 bits per heavy atom. The second kappa shape index (κ2) is 6.15. The average Bonchev–Trinajstić information content (AvgIpc) is 2.20. The molecule has 1 rings (SSSR count). The normalized spacial score (nSPS) is 23.6. The van der Waals surface area contributed by atoms with Gasteiger partial charge in [0, 0.05) is 32.7 Å². The van der Waals surface area contributed by atoms with Crippen molar-refractivity contribution in [2.45, 2.75) is 59.3 Å². The van der Waals surface area contributed by atoms with Crippen LogP contribution in [0.4, 0.5) is 0 Å². The Morgan fingerprint density at radius 3 is 1.67 bits per heavy atom. The van der Waals surface area contributed by atoms with E-state index in [2.05, 4.69) is 34.6 Å². The van der Waals surface area contributed by atoms with Gasteiger partial charge in [-0.15, -0.1) is 0 Å². The molecular weight excluding hydrogens is 257 g/mol. The van der Waals surface area contributed by atoms with Gasteiger partial charge in [0.25, 0.3) is 0 Å². The molecule has 1 saturated carbocycles. The molecule has 0 aromatic carbocycles. The van der Waals surface area contributed by atoms with Crippen molar-refractivity contribution in [1.29, 1.82) is 0 Å². The summed E-state index contributed by atoms with van der Waals surface area (Å²) in [5.74, 6) is 0.815. The molecule has 0 atom stereocenters. The van der Waals surface area contributed by atoms with Crippen LogP contribution in [0, 0.1) is 30.6 Å². The van der Waals surface area contributed by atoms with Gasteiger partial charge in [-0.05, 0) is 24.2 Å². The SMILES string of the molecule is [CH2-]CC1(C[CH2-])CCC(C)(C(C)C)CC1.[Y]. The average molecular weight is 283 g/mol. The zero-order valence-corrected chi connectivity index (χ0v) is 13.6. The molecule has 0 aromatic heterocycles. The Kier molecular flexibility index (Phi) is 6.60. The van der Waals surface area contributed by atoms with E-state index in [1.807, 2.05) is 0 Å². The van der Waals surface area contributed by atoms with E-state index in [1.165, 1.54) is 25.7 Å². The van der Waals surface area contributed by atoms with Gasteiger partial charge in [-0.1, -0.05) is 39.0 Å². The van der Waals surface area contributed by atoms with E-state index in [9.17, 15) is 0 Å². The van der Waals surface area contributed by atoms with Crippen LogP contribution in [0.25, 0.3) is 0 Å². The van der Waals surface area contributed by atoms with Gasteiger partial charge in [0.15, 0.2) is 0 Å². The van der Waals surface area contributed by atoms with Crippen molar-refractivity contribution in [2.24, 2.45) is 16.7 Å². The van der Waals surface area contributed by atoms with Crippen LogP contribution in [-0.4, -0.2) is 0 Å². The van der Waals surface area contributed by atoms with Crippen LogP contribution in [0.15, 0.2) is 0 Å². The molecule has 0 N–H and O–H groups in total. The Bertz CT molecular complexity index is 164. The van der Waals surface area contributed by atoms with Crippen molar-refractivity contribution in [1.82, 2.24) is 0 Å². The maximum Gasteiger partial charge on any atom is 0 e. The molecule has 1 fully saturated rings. The third kappa shape index (κ3) is 3.53. The van der Waals surface area contributed by atoms with Crippen LogP contribution in [0.5, 0.6) is 0 Å². The first kappa shape index (κ1) is 16.1. The Morgan fingerprint density at radius 2 is 1.40 bits per heavy atom. The fourth-order valence-corrected chi connectivity index (χ4v) is 2.55. The first-order valence-electron chi connectivity index (χ1n) is 6.06. The second-order valence-electron chi connectivity index (χ2n) is 5.81. The maximum absolute atomic E-state index is 4.10. The van der Waals surface area contributed by atoms with E-state index in [0.29, 0.717) is 10.8 Å². The largest absolute Gasteiger partial charge is 0.343 e. The van der Waals surface area contributed by atoms with Gasteiger partial charge in [-0.25, -0.2) is 0 Å². The van der Waals surface area contributed by atoms with Crippen molar-refractivity contribution < 1.29 is 32.7 Å². The summed E-state index contributed by atoms with van der Waals surface area (Å²) in [6.07, 6.45) is 7.57. The predicted octanol–water partition coefficient (Wildman–Crippen LogP) is 4.65. The van der Waals surface area contributed by atoms with E-state index in [0.717, 1.165) is 18.8 Å². The van der Waals surface area contributed by atoms with E-state index in [1.54, 1.807) is 0 Å². The first-order valence-corrected chi connectivity index (χ1v) is 6.06. The van der Waals surface area contributed by atoms with E-state index in [4.69, 9.17) is 0 Å². The summed E-state index contributed by atoms with van der Waals surface area (Å²) >= 11 is 0. The summed E-state index contributed by atoms with van der Waals surface area (Å²) in [4.78, 5) is 0. The topological polar surface area (TPSA) is 0 Å². The van der Waals surface area contributed by atoms with Gasteiger partial charge in [-0.3, -0.25) is 0 Å². The summed E-state index contributed by atoms with van der Waals surface area (Å²) in [5.41, 5.74) is 1.06. The van der Waals surface area contributed by atoms with Crippen molar-refractivity contribution in [2.75, 3.05) is 0 Å². The van der Waals surface area contributed by atoms with Gasteiger partial charge >= 0.3 is 0 Å². The Balaban J connectivity index is 0.00000196. The molecule has 0 aliphatic heterocycles. The molecule has 0 amide bonds. The van der Waals surface area contributed by atoms with Crippen LogP contribution in [0.3, 0.4) is 0 Å². The molecule has 1 aliphatic rings. The van der Waals surface area contributed by atoms with Gasteiger partial charge in [-0.2, -0.15) is 12.8 Å². The third-order valence-electron chi connectivity index (χ3n) is 4.91. The van der Waals surface area contributed by atoms with E-state index < -0.39 is 0 Å². The van der Waals surface area contributed by atoms with Crippen LogP contribution >= 0.6 is 0 Å². The van der Waals surface area contributed by atoms with Crippen LogP contribution < -0.4 is 0 Å². The number of hydrogen-bond acceptors (Lipinski definition) is 0. The molecule has 15 heavy (non-hydrogen) atoms. The minimum atomic E-state index is 0. The Hall–Kier alpha value is 1.10.